The first kappa shape index (κ1) is 16.6. The van der Waals surface area contributed by atoms with Crippen molar-refractivity contribution in [1.29, 1.82) is 0 Å². The molecule has 25 heavy (non-hydrogen) atoms. The number of hydrogen-bond donors (Lipinski definition) is 2. The number of benzene rings is 1. The van der Waals surface area contributed by atoms with Crippen LogP contribution in [0.2, 0.25) is 0 Å². The summed E-state index contributed by atoms with van der Waals surface area (Å²) < 4.78 is 5.12. The SMILES string of the molecule is Cc1noc(C)c1-c1ccc([N+](=O)[O-])c(NC(=O)C2CCC(=O)N2)c1. The molecule has 1 fully saturated rings. The molecule has 0 spiro atoms. The van der Waals surface area contributed by atoms with Crippen LogP contribution in [-0.4, -0.2) is 27.9 Å². The van der Waals surface area contributed by atoms with Crippen LogP contribution in [-0.2, 0) is 9.59 Å². The van der Waals surface area contributed by atoms with Crippen LogP contribution in [0.3, 0.4) is 0 Å². The lowest BCUT2D eigenvalue weighted by Crippen LogP contribution is -2.37. The third kappa shape index (κ3) is 3.21. The number of nitro groups is 1. The Balaban J connectivity index is 1.96. The van der Waals surface area contributed by atoms with E-state index in [4.69, 9.17) is 4.52 Å². The number of carbonyl (C=O) groups excluding carboxylic acids is 2. The van der Waals surface area contributed by atoms with Gasteiger partial charge in [-0.1, -0.05) is 5.16 Å². The first-order valence-electron chi connectivity index (χ1n) is 7.68. The van der Waals surface area contributed by atoms with Crippen molar-refractivity contribution in [2.45, 2.75) is 32.7 Å². The summed E-state index contributed by atoms with van der Waals surface area (Å²) in [6.45, 7) is 3.50. The molecule has 9 heteroatoms. The van der Waals surface area contributed by atoms with Crippen LogP contribution >= 0.6 is 0 Å². The summed E-state index contributed by atoms with van der Waals surface area (Å²) in [7, 11) is 0. The van der Waals surface area contributed by atoms with Crippen LogP contribution in [0.5, 0.6) is 0 Å². The van der Waals surface area contributed by atoms with Crippen molar-refractivity contribution in [3.8, 4) is 11.1 Å². The number of nitrogens with zero attached hydrogens (tertiary/aromatic N) is 2. The molecule has 1 unspecified atom stereocenters. The summed E-state index contributed by atoms with van der Waals surface area (Å²) in [5.41, 5.74) is 1.85. The van der Waals surface area contributed by atoms with Crippen LogP contribution in [0.15, 0.2) is 22.7 Å². The molecule has 130 valence electrons. The Labute approximate surface area is 142 Å². The largest absolute Gasteiger partial charge is 0.361 e. The van der Waals surface area contributed by atoms with Gasteiger partial charge in [0.15, 0.2) is 0 Å². The molecule has 1 aromatic heterocycles. The second-order valence-electron chi connectivity index (χ2n) is 5.84. The van der Waals surface area contributed by atoms with E-state index < -0.39 is 16.9 Å². The molecule has 0 aliphatic carbocycles. The molecule has 1 aliphatic rings. The van der Waals surface area contributed by atoms with Crippen LogP contribution in [0.4, 0.5) is 11.4 Å². The third-order valence-corrected chi connectivity index (χ3v) is 4.08. The molecule has 2 heterocycles. The topological polar surface area (TPSA) is 127 Å². The highest BCUT2D eigenvalue weighted by Gasteiger charge is 2.29. The number of nitrogens with one attached hydrogen (secondary N) is 2. The maximum Gasteiger partial charge on any atom is 0.292 e. The maximum atomic E-state index is 12.3. The molecule has 3 rings (SSSR count). The first-order valence-corrected chi connectivity index (χ1v) is 7.68. The molecular weight excluding hydrogens is 328 g/mol. The zero-order valence-corrected chi connectivity index (χ0v) is 13.7. The molecule has 2 aromatic rings. The third-order valence-electron chi connectivity index (χ3n) is 4.08. The fraction of sp³-hybridized carbons (Fsp3) is 0.312. The van der Waals surface area contributed by atoms with Gasteiger partial charge >= 0.3 is 0 Å². The monoisotopic (exact) mass is 344 g/mol. The van der Waals surface area contributed by atoms with Gasteiger partial charge < -0.3 is 15.2 Å². The van der Waals surface area contributed by atoms with E-state index in [0.717, 1.165) is 5.56 Å². The van der Waals surface area contributed by atoms with Crippen molar-refractivity contribution in [1.82, 2.24) is 10.5 Å². The summed E-state index contributed by atoms with van der Waals surface area (Å²) >= 11 is 0. The van der Waals surface area contributed by atoms with E-state index in [1.54, 1.807) is 19.9 Å². The number of aryl methyl sites for hydroxylation is 2. The van der Waals surface area contributed by atoms with Gasteiger partial charge in [-0.05, 0) is 38.0 Å². The van der Waals surface area contributed by atoms with Crippen molar-refractivity contribution >= 4 is 23.2 Å². The molecule has 0 radical (unpaired) electrons. The van der Waals surface area contributed by atoms with Gasteiger partial charge in [-0.15, -0.1) is 0 Å². The Morgan fingerprint density at radius 1 is 1.44 bits per heavy atom. The van der Waals surface area contributed by atoms with Gasteiger partial charge in [0, 0.05) is 18.1 Å². The predicted molar refractivity (Wildman–Crippen MR) is 87.9 cm³/mol. The van der Waals surface area contributed by atoms with Crippen LogP contribution < -0.4 is 10.6 Å². The van der Waals surface area contributed by atoms with E-state index in [2.05, 4.69) is 15.8 Å². The van der Waals surface area contributed by atoms with Crippen LogP contribution in [0.25, 0.3) is 11.1 Å². The lowest BCUT2D eigenvalue weighted by Gasteiger charge is -2.12. The van der Waals surface area contributed by atoms with Gasteiger partial charge in [0.1, 0.15) is 17.5 Å². The van der Waals surface area contributed by atoms with Gasteiger partial charge in [-0.25, -0.2) is 0 Å². The minimum absolute atomic E-state index is 0.0636. The molecule has 1 aliphatic heterocycles. The van der Waals surface area contributed by atoms with Gasteiger partial charge in [0.2, 0.25) is 11.8 Å². The van der Waals surface area contributed by atoms with Crippen molar-refractivity contribution in [2.75, 3.05) is 5.32 Å². The summed E-state index contributed by atoms with van der Waals surface area (Å²) in [6, 6.07) is 3.73. The molecule has 1 aromatic carbocycles. The lowest BCUT2D eigenvalue weighted by atomic mass is 10.0. The number of rotatable bonds is 4. The highest BCUT2D eigenvalue weighted by molar-refractivity contribution is 6.00. The molecule has 1 atom stereocenters. The number of aromatic nitrogens is 1. The average Bonchev–Trinajstić information content (AvgIpc) is 3.13. The van der Waals surface area contributed by atoms with E-state index in [-0.39, 0.29) is 23.7 Å². The quantitative estimate of drug-likeness (QED) is 0.645. The van der Waals surface area contributed by atoms with Crippen molar-refractivity contribution < 1.29 is 19.0 Å². The predicted octanol–water partition coefficient (Wildman–Crippen LogP) is 2.08. The maximum absolute atomic E-state index is 12.3. The van der Waals surface area contributed by atoms with Crippen LogP contribution in [0, 0.1) is 24.0 Å². The zero-order chi connectivity index (χ0) is 18.1. The normalized spacial score (nSPS) is 16.6. The molecule has 9 nitrogen and oxygen atoms in total. The highest BCUT2D eigenvalue weighted by Crippen LogP contribution is 2.33. The van der Waals surface area contributed by atoms with E-state index in [9.17, 15) is 19.7 Å². The second kappa shape index (κ2) is 6.34. The molecular formula is C16H16N4O5. The Hall–Kier alpha value is -3.23. The van der Waals surface area contributed by atoms with Gasteiger partial charge in [-0.3, -0.25) is 19.7 Å². The fourth-order valence-corrected chi connectivity index (χ4v) is 2.88. The Kier molecular flexibility index (Phi) is 4.22. The molecule has 0 saturated carbocycles. The molecule has 2 amide bonds. The number of amides is 2. The molecule has 2 N–H and O–H groups in total. The number of anilines is 1. The molecule has 1 saturated heterocycles. The van der Waals surface area contributed by atoms with Crippen LogP contribution in [0.1, 0.15) is 24.3 Å². The number of carbonyl (C=O) groups is 2. The highest BCUT2D eigenvalue weighted by atomic mass is 16.6. The van der Waals surface area contributed by atoms with Gasteiger partial charge in [0.05, 0.1) is 10.6 Å². The zero-order valence-electron chi connectivity index (χ0n) is 13.7. The number of nitro benzene ring substituents is 1. The summed E-state index contributed by atoms with van der Waals surface area (Å²) in [4.78, 5) is 34.2. The average molecular weight is 344 g/mol. The van der Waals surface area contributed by atoms with Gasteiger partial charge in [-0.2, -0.15) is 0 Å². The second-order valence-corrected chi connectivity index (χ2v) is 5.84. The smallest absolute Gasteiger partial charge is 0.292 e. The standard InChI is InChI=1S/C16H16N4O5/c1-8-15(9(2)25-19-8)10-3-5-13(20(23)24)12(7-10)18-16(22)11-4-6-14(21)17-11/h3,5,7,11H,4,6H2,1-2H3,(H,17,21)(H,18,22). The minimum Gasteiger partial charge on any atom is -0.361 e. The number of hydrogen-bond acceptors (Lipinski definition) is 6. The Morgan fingerprint density at radius 3 is 2.76 bits per heavy atom. The summed E-state index contributed by atoms with van der Waals surface area (Å²) in [6.07, 6.45) is 0.626. The molecule has 0 bridgehead atoms. The van der Waals surface area contributed by atoms with Crippen molar-refractivity contribution in [3.63, 3.8) is 0 Å². The fourth-order valence-electron chi connectivity index (χ4n) is 2.88. The summed E-state index contributed by atoms with van der Waals surface area (Å²) in [5.74, 6) is -0.115. The van der Waals surface area contributed by atoms with E-state index in [0.29, 0.717) is 23.4 Å². The first-order chi connectivity index (χ1) is 11.9. The Morgan fingerprint density at radius 2 is 2.20 bits per heavy atom. The lowest BCUT2D eigenvalue weighted by molar-refractivity contribution is -0.383. The van der Waals surface area contributed by atoms with E-state index in [1.807, 2.05) is 0 Å². The van der Waals surface area contributed by atoms with Crippen molar-refractivity contribution in [3.05, 3.63) is 39.8 Å². The van der Waals surface area contributed by atoms with E-state index in [1.165, 1.54) is 12.1 Å². The summed E-state index contributed by atoms with van der Waals surface area (Å²) in [5, 5.41) is 20.2. The van der Waals surface area contributed by atoms with Gasteiger partial charge in [0.25, 0.3) is 5.69 Å². The Bertz CT molecular complexity index is 854. The van der Waals surface area contributed by atoms with Crippen molar-refractivity contribution in [2.24, 2.45) is 0 Å². The minimum atomic E-state index is -0.685. The van der Waals surface area contributed by atoms with E-state index >= 15 is 0 Å².